The van der Waals surface area contributed by atoms with E-state index in [1.165, 1.54) is 12.8 Å². The van der Waals surface area contributed by atoms with Gasteiger partial charge < -0.3 is 15.8 Å². The SMILES string of the molecule is CC(C)C(C)(CN)NC(=O)c1ccc(OCC2CC2)cc1. The zero-order valence-corrected chi connectivity index (χ0v) is 13.2. The minimum atomic E-state index is -0.391. The number of carbonyl (C=O) groups is 1. The first-order valence-corrected chi connectivity index (χ1v) is 7.70. The van der Waals surface area contributed by atoms with E-state index in [9.17, 15) is 4.79 Å². The Kier molecular flexibility index (Phi) is 4.88. The summed E-state index contributed by atoms with van der Waals surface area (Å²) in [7, 11) is 0. The molecule has 3 N–H and O–H groups in total. The van der Waals surface area contributed by atoms with Gasteiger partial charge in [-0.3, -0.25) is 4.79 Å². The fraction of sp³-hybridized carbons (Fsp3) is 0.588. The third-order valence-electron chi connectivity index (χ3n) is 4.40. The Morgan fingerprint density at radius 2 is 2.00 bits per heavy atom. The molecular weight excluding hydrogens is 264 g/mol. The fourth-order valence-corrected chi connectivity index (χ4v) is 1.96. The van der Waals surface area contributed by atoms with Crippen molar-refractivity contribution < 1.29 is 9.53 Å². The average Bonchev–Trinajstić information content (AvgIpc) is 3.29. The second kappa shape index (κ2) is 6.48. The Morgan fingerprint density at radius 3 is 2.48 bits per heavy atom. The van der Waals surface area contributed by atoms with Crippen LogP contribution in [0.1, 0.15) is 44.0 Å². The number of hydrogen-bond donors (Lipinski definition) is 2. The first kappa shape index (κ1) is 15.8. The molecule has 1 aliphatic carbocycles. The van der Waals surface area contributed by atoms with Gasteiger partial charge in [0.05, 0.1) is 12.1 Å². The van der Waals surface area contributed by atoms with Gasteiger partial charge in [0.1, 0.15) is 5.75 Å². The van der Waals surface area contributed by atoms with E-state index in [1.807, 2.05) is 19.1 Å². The summed E-state index contributed by atoms with van der Waals surface area (Å²) < 4.78 is 5.67. The highest BCUT2D eigenvalue weighted by atomic mass is 16.5. The summed E-state index contributed by atoms with van der Waals surface area (Å²) in [6.45, 7) is 7.29. The Labute approximate surface area is 127 Å². The molecule has 1 atom stereocenters. The quantitative estimate of drug-likeness (QED) is 0.811. The summed E-state index contributed by atoms with van der Waals surface area (Å²) in [5, 5.41) is 3.03. The van der Waals surface area contributed by atoms with Crippen LogP contribution in [-0.2, 0) is 0 Å². The molecule has 2 rings (SSSR count). The van der Waals surface area contributed by atoms with Crippen molar-refractivity contribution in [2.75, 3.05) is 13.2 Å². The number of carbonyl (C=O) groups excluding carboxylic acids is 1. The molecule has 0 heterocycles. The van der Waals surface area contributed by atoms with Crippen molar-refractivity contribution >= 4 is 5.91 Å². The van der Waals surface area contributed by atoms with Crippen molar-refractivity contribution in [1.29, 1.82) is 0 Å². The molecule has 0 spiro atoms. The van der Waals surface area contributed by atoms with Gasteiger partial charge in [-0.15, -0.1) is 0 Å². The minimum absolute atomic E-state index is 0.0922. The molecule has 116 valence electrons. The summed E-state index contributed by atoms with van der Waals surface area (Å²) in [4.78, 5) is 12.3. The number of ether oxygens (including phenoxy) is 1. The molecule has 0 radical (unpaired) electrons. The van der Waals surface area contributed by atoms with Crippen LogP contribution < -0.4 is 15.8 Å². The number of nitrogens with one attached hydrogen (secondary N) is 1. The van der Waals surface area contributed by atoms with Crippen molar-refractivity contribution in [3.63, 3.8) is 0 Å². The van der Waals surface area contributed by atoms with Gasteiger partial charge in [-0.25, -0.2) is 0 Å². The summed E-state index contributed by atoms with van der Waals surface area (Å²) in [6, 6.07) is 7.31. The van der Waals surface area contributed by atoms with E-state index in [2.05, 4.69) is 19.2 Å². The molecular formula is C17H26N2O2. The first-order valence-electron chi connectivity index (χ1n) is 7.70. The van der Waals surface area contributed by atoms with Gasteiger partial charge in [-0.1, -0.05) is 13.8 Å². The first-order chi connectivity index (χ1) is 9.94. The van der Waals surface area contributed by atoms with E-state index in [4.69, 9.17) is 10.5 Å². The van der Waals surface area contributed by atoms with Crippen LogP contribution >= 0.6 is 0 Å². The average molecular weight is 290 g/mol. The van der Waals surface area contributed by atoms with Gasteiger partial charge in [0.25, 0.3) is 5.91 Å². The number of hydrogen-bond acceptors (Lipinski definition) is 3. The highest BCUT2D eigenvalue weighted by Gasteiger charge is 2.28. The molecule has 0 bridgehead atoms. The van der Waals surface area contributed by atoms with E-state index in [0.717, 1.165) is 18.3 Å². The van der Waals surface area contributed by atoms with Crippen LogP contribution in [0.3, 0.4) is 0 Å². The van der Waals surface area contributed by atoms with E-state index < -0.39 is 5.54 Å². The molecule has 1 aromatic carbocycles. The molecule has 21 heavy (non-hydrogen) atoms. The molecule has 0 saturated heterocycles. The van der Waals surface area contributed by atoms with Crippen LogP contribution in [-0.4, -0.2) is 24.6 Å². The lowest BCUT2D eigenvalue weighted by Gasteiger charge is -2.33. The number of amides is 1. The normalized spacial score (nSPS) is 17.4. The Hall–Kier alpha value is -1.55. The molecule has 0 aromatic heterocycles. The largest absolute Gasteiger partial charge is 0.493 e. The zero-order chi connectivity index (χ0) is 15.5. The van der Waals surface area contributed by atoms with Crippen molar-refractivity contribution in [2.45, 2.75) is 39.2 Å². The minimum Gasteiger partial charge on any atom is -0.493 e. The molecule has 1 unspecified atom stereocenters. The van der Waals surface area contributed by atoms with Gasteiger partial charge in [0.15, 0.2) is 0 Å². The van der Waals surface area contributed by atoms with Crippen LogP contribution in [0.4, 0.5) is 0 Å². The topological polar surface area (TPSA) is 64.3 Å². The molecule has 1 amide bonds. The third-order valence-corrected chi connectivity index (χ3v) is 4.40. The lowest BCUT2D eigenvalue weighted by atomic mass is 9.88. The highest BCUT2D eigenvalue weighted by Crippen LogP contribution is 2.29. The van der Waals surface area contributed by atoms with Crippen LogP contribution in [0.5, 0.6) is 5.75 Å². The number of nitrogens with two attached hydrogens (primary N) is 1. The molecule has 1 aromatic rings. The summed E-state index contributed by atoms with van der Waals surface area (Å²) >= 11 is 0. The van der Waals surface area contributed by atoms with Gasteiger partial charge in [0, 0.05) is 12.1 Å². The lowest BCUT2D eigenvalue weighted by molar-refractivity contribution is 0.0883. The molecule has 0 aliphatic heterocycles. The lowest BCUT2D eigenvalue weighted by Crippen LogP contribution is -2.55. The van der Waals surface area contributed by atoms with E-state index in [0.29, 0.717) is 12.1 Å². The Morgan fingerprint density at radius 1 is 1.38 bits per heavy atom. The summed E-state index contributed by atoms with van der Waals surface area (Å²) in [6.07, 6.45) is 2.54. The second-order valence-corrected chi connectivity index (χ2v) is 6.51. The van der Waals surface area contributed by atoms with Crippen LogP contribution in [0.2, 0.25) is 0 Å². The molecule has 1 fully saturated rings. The molecule has 1 aliphatic rings. The van der Waals surface area contributed by atoms with Gasteiger partial charge in [0.2, 0.25) is 0 Å². The summed E-state index contributed by atoms with van der Waals surface area (Å²) in [5.74, 6) is 1.73. The van der Waals surface area contributed by atoms with Crippen LogP contribution in [0.25, 0.3) is 0 Å². The Bertz CT molecular complexity index is 480. The van der Waals surface area contributed by atoms with Crippen molar-refractivity contribution in [3.05, 3.63) is 29.8 Å². The Balaban J connectivity index is 1.95. The smallest absolute Gasteiger partial charge is 0.251 e. The molecule has 4 heteroatoms. The second-order valence-electron chi connectivity index (χ2n) is 6.51. The van der Waals surface area contributed by atoms with Crippen LogP contribution in [0, 0.1) is 11.8 Å². The number of rotatable bonds is 7. The third kappa shape index (κ3) is 4.21. The van der Waals surface area contributed by atoms with Crippen LogP contribution in [0.15, 0.2) is 24.3 Å². The predicted molar refractivity (Wildman–Crippen MR) is 84.4 cm³/mol. The van der Waals surface area contributed by atoms with E-state index in [1.54, 1.807) is 12.1 Å². The van der Waals surface area contributed by atoms with E-state index in [-0.39, 0.29) is 11.8 Å². The van der Waals surface area contributed by atoms with Gasteiger partial charge in [-0.05, 0) is 55.9 Å². The predicted octanol–water partition coefficient (Wildman–Crippen LogP) is 2.58. The molecule has 4 nitrogen and oxygen atoms in total. The van der Waals surface area contributed by atoms with Gasteiger partial charge in [-0.2, -0.15) is 0 Å². The monoisotopic (exact) mass is 290 g/mol. The summed E-state index contributed by atoms with van der Waals surface area (Å²) in [5.41, 5.74) is 6.04. The highest BCUT2D eigenvalue weighted by molar-refractivity contribution is 5.94. The zero-order valence-electron chi connectivity index (χ0n) is 13.2. The maximum absolute atomic E-state index is 12.3. The fourth-order valence-electron chi connectivity index (χ4n) is 1.96. The van der Waals surface area contributed by atoms with Crippen molar-refractivity contribution in [1.82, 2.24) is 5.32 Å². The van der Waals surface area contributed by atoms with Crippen molar-refractivity contribution in [2.24, 2.45) is 17.6 Å². The molecule has 1 saturated carbocycles. The standard InChI is InChI=1S/C17H26N2O2/c1-12(2)17(3,11-18)19-16(20)14-6-8-15(9-7-14)21-10-13-4-5-13/h6-9,12-13H,4-5,10-11,18H2,1-3H3,(H,19,20). The maximum Gasteiger partial charge on any atom is 0.251 e. The van der Waals surface area contributed by atoms with Gasteiger partial charge >= 0.3 is 0 Å². The van der Waals surface area contributed by atoms with Crippen molar-refractivity contribution in [3.8, 4) is 5.75 Å². The maximum atomic E-state index is 12.3. The van der Waals surface area contributed by atoms with E-state index >= 15 is 0 Å². The number of benzene rings is 1.